The Labute approximate surface area is 179 Å². The molecule has 1 saturated heterocycles. The summed E-state index contributed by atoms with van der Waals surface area (Å²) < 4.78 is 18.1. The number of hydrogen-bond acceptors (Lipinski definition) is 8. The summed E-state index contributed by atoms with van der Waals surface area (Å²) in [5.41, 5.74) is 2.07. The lowest BCUT2D eigenvalue weighted by Gasteiger charge is -2.21. The third-order valence-electron chi connectivity index (χ3n) is 4.63. The molecule has 3 aromatic rings. The number of methoxy groups -OCH3 is 1. The van der Waals surface area contributed by atoms with Gasteiger partial charge in [0.05, 0.1) is 24.6 Å². The fourth-order valence-corrected chi connectivity index (χ4v) is 3.36. The number of carbonyl (C=O) groups is 1. The predicted octanol–water partition coefficient (Wildman–Crippen LogP) is 2.70. The van der Waals surface area contributed by atoms with Crippen LogP contribution in [0, 0.1) is 0 Å². The Bertz CT molecular complexity index is 1060. The van der Waals surface area contributed by atoms with E-state index in [2.05, 4.69) is 30.9 Å². The fraction of sp³-hybridized carbons (Fsp3) is 0.500. The van der Waals surface area contributed by atoms with Gasteiger partial charge in [0.1, 0.15) is 17.7 Å². The van der Waals surface area contributed by atoms with Crippen LogP contribution < -0.4 is 10.6 Å². The fourth-order valence-electron chi connectivity index (χ4n) is 3.36. The molecule has 0 unspecified atom stereocenters. The van der Waals surface area contributed by atoms with Crippen LogP contribution in [0.15, 0.2) is 24.5 Å². The van der Waals surface area contributed by atoms with Gasteiger partial charge in [-0.2, -0.15) is 10.2 Å². The number of fused-ring (bicyclic) bond motifs is 1. The van der Waals surface area contributed by atoms with E-state index in [1.165, 1.54) is 0 Å². The van der Waals surface area contributed by atoms with Gasteiger partial charge in [0, 0.05) is 37.5 Å². The van der Waals surface area contributed by atoms with Gasteiger partial charge in [0.15, 0.2) is 11.6 Å². The van der Waals surface area contributed by atoms with Crippen molar-refractivity contribution in [3.05, 3.63) is 35.9 Å². The van der Waals surface area contributed by atoms with E-state index in [1.54, 1.807) is 24.0 Å². The number of H-pyrrole nitrogens is 1. The molecule has 11 heteroatoms. The van der Waals surface area contributed by atoms with Crippen molar-refractivity contribution in [2.24, 2.45) is 0 Å². The first-order valence-electron chi connectivity index (χ1n) is 10.1. The van der Waals surface area contributed by atoms with E-state index in [9.17, 15) is 4.79 Å². The summed E-state index contributed by atoms with van der Waals surface area (Å²) in [5, 5.41) is 17.7. The lowest BCUT2D eigenvalue weighted by Crippen LogP contribution is -2.42. The smallest absolute Gasteiger partial charge is 0.407 e. The number of aromatic nitrogens is 5. The Hall–Kier alpha value is -3.18. The highest BCUT2D eigenvalue weighted by molar-refractivity contribution is 5.72. The van der Waals surface area contributed by atoms with E-state index in [0.29, 0.717) is 31.3 Å². The first-order chi connectivity index (χ1) is 14.8. The van der Waals surface area contributed by atoms with Crippen molar-refractivity contribution in [3.63, 3.8) is 0 Å². The van der Waals surface area contributed by atoms with Gasteiger partial charge < -0.3 is 24.8 Å². The quantitative estimate of drug-likeness (QED) is 0.546. The summed E-state index contributed by atoms with van der Waals surface area (Å²) in [5.74, 6) is 1.23. The number of amides is 1. The summed E-state index contributed by atoms with van der Waals surface area (Å²) in [7, 11) is 1.63. The van der Waals surface area contributed by atoms with Crippen LogP contribution in [0.25, 0.3) is 5.52 Å². The first kappa shape index (κ1) is 21.1. The van der Waals surface area contributed by atoms with E-state index in [-0.39, 0.29) is 17.7 Å². The summed E-state index contributed by atoms with van der Waals surface area (Å²) in [6, 6.07) is 3.77. The van der Waals surface area contributed by atoms with E-state index < -0.39 is 6.09 Å². The lowest BCUT2D eigenvalue weighted by molar-refractivity contribution is 0.0661. The molecule has 0 spiro atoms. The van der Waals surface area contributed by atoms with Crippen molar-refractivity contribution in [2.75, 3.05) is 19.0 Å². The van der Waals surface area contributed by atoms with Gasteiger partial charge in [0.25, 0.3) is 0 Å². The minimum absolute atomic E-state index is 0.234. The van der Waals surface area contributed by atoms with Crippen LogP contribution in [0.3, 0.4) is 0 Å². The zero-order valence-electron chi connectivity index (χ0n) is 18.0. The topological polar surface area (TPSA) is 128 Å². The van der Waals surface area contributed by atoms with Crippen LogP contribution in [0.1, 0.15) is 44.7 Å². The molecule has 1 aliphatic rings. The minimum Gasteiger partial charge on any atom is -0.444 e. The SMILES string of the molecule is COCc1cc2c(Nc3cc([C@@H]4C[C@H](OC(=O)NC(C)(C)C)CO4)[nH]n3)nccn2n1. The second-order valence-electron chi connectivity index (χ2n) is 8.47. The highest BCUT2D eigenvalue weighted by atomic mass is 16.6. The molecule has 0 bridgehead atoms. The second kappa shape index (κ2) is 8.52. The molecule has 1 aliphatic heterocycles. The van der Waals surface area contributed by atoms with Crippen molar-refractivity contribution < 1.29 is 19.0 Å². The Morgan fingerprint density at radius 1 is 1.39 bits per heavy atom. The third kappa shape index (κ3) is 5.12. The van der Waals surface area contributed by atoms with Crippen molar-refractivity contribution in [3.8, 4) is 0 Å². The Balaban J connectivity index is 1.39. The largest absolute Gasteiger partial charge is 0.444 e. The van der Waals surface area contributed by atoms with Crippen LogP contribution >= 0.6 is 0 Å². The number of anilines is 2. The molecule has 4 heterocycles. The molecule has 4 rings (SSSR count). The van der Waals surface area contributed by atoms with Crippen molar-refractivity contribution in [2.45, 2.75) is 51.5 Å². The molecule has 1 fully saturated rings. The standard InChI is InChI=1S/C20H27N7O4/c1-20(2,3)23-19(28)31-13-8-16(30-11-13)14-9-17(25-24-14)22-18-15-7-12(10-29-4)26-27(15)6-5-21-18/h5-7,9,13,16H,8,10-11H2,1-4H3,(H,23,28)(H2,21,22,24,25)/t13-,16-/m0/s1. The van der Waals surface area contributed by atoms with Gasteiger partial charge in [-0.15, -0.1) is 0 Å². The highest BCUT2D eigenvalue weighted by Gasteiger charge is 2.31. The van der Waals surface area contributed by atoms with E-state index in [1.807, 2.05) is 32.9 Å². The predicted molar refractivity (Wildman–Crippen MR) is 112 cm³/mol. The van der Waals surface area contributed by atoms with Gasteiger partial charge in [-0.3, -0.25) is 5.10 Å². The maximum absolute atomic E-state index is 12.0. The number of nitrogens with one attached hydrogen (secondary N) is 3. The maximum atomic E-state index is 12.0. The Morgan fingerprint density at radius 3 is 3.00 bits per heavy atom. The van der Waals surface area contributed by atoms with E-state index in [4.69, 9.17) is 14.2 Å². The first-order valence-corrected chi connectivity index (χ1v) is 10.1. The van der Waals surface area contributed by atoms with Gasteiger partial charge >= 0.3 is 6.09 Å². The molecule has 0 radical (unpaired) electrons. The number of ether oxygens (including phenoxy) is 3. The van der Waals surface area contributed by atoms with Gasteiger partial charge in [-0.05, 0) is 26.8 Å². The van der Waals surface area contributed by atoms with Crippen LogP contribution in [0.5, 0.6) is 0 Å². The monoisotopic (exact) mass is 429 g/mol. The molecule has 3 aromatic heterocycles. The van der Waals surface area contributed by atoms with Crippen molar-refractivity contribution in [1.29, 1.82) is 0 Å². The van der Waals surface area contributed by atoms with Gasteiger partial charge in [-0.1, -0.05) is 0 Å². The molecule has 1 amide bonds. The molecule has 0 aromatic carbocycles. The molecule has 31 heavy (non-hydrogen) atoms. The number of aromatic amines is 1. The maximum Gasteiger partial charge on any atom is 0.407 e. The Morgan fingerprint density at radius 2 is 2.23 bits per heavy atom. The number of nitrogens with zero attached hydrogens (tertiary/aromatic N) is 4. The highest BCUT2D eigenvalue weighted by Crippen LogP contribution is 2.31. The molecular formula is C20H27N7O4. The van der Waals surface area contributed by atoms with E-state index >= 15 is 0 Å². The summed E-state index contributed by atoms with van der Waals surface area (Å²) in [6.07, 6.45) is 3.00. The molecule has 11 nitrogen and oxygen atoms in total. The minimum atomic E-state index is -0.443. The second-order valence-corrected chi connectivity index (χ2v) is 8.47. The van der Waals surface area contributed by atoms with Crippen LogP contribution in [0.2, 0.25) is 0 Å². The van der Waals surface area contributed by atoms with Crippen LogP contribution in [-0.2, 0) is 20.8 Å². The number of alkyl carbamates (subject to hydrolysis) is 1. The van der Waals surface area contributed by atoms with Gasteiger partial charge in [0.2, 0.25) is 0 Å². The molecule has 166 valence electrons. The average molecular weight is 429 g/mol. The van der Waals surface area contributed by atoms with E-state index in [0.717, 1.165) is 16.9 Å². The van der Waals surface area contributed by atoms with Crippen LogP contribution in [0.4, 0.5) is 16.4 Å². The number of carbonyl (C=O) groups excluding carboxylic acids is 1. The van der Waals surface area contributed by atoms with Crippen molar-refractivity contribution >= 4 is 23.2 Å². The van der Waals surface area contributed by atoms with Crippen molar-refractivity contribution in [1.82, 2.24) is 30.1 Å². The summed E-state index contributed by atoms with van der Waals surface area (Å²) in [6.45, 7) is 6.46. The number of rotatable bonds is 6. The normalized spacial score (nSPS) is 19.0. The van der Waals surface area contributed by atoms with Gasteiger partial charge in [-0.25, -0.2) is 14.3 Å². The molecule has 0 saturated carbocycles. The molecule has 2 atom stereocenters. The zero-order valence-corrected chi connectivity index (χ0v) is 18.0. The lowest BCUT2D eigenvalue weighted by atomic mass is 10.1. The number of hydrogen-bond donors (Lipinski definition) is 3. The average Bonchev–Trinajstić information content (AvgIpc) is 3.40. The Kier molecular flexibility index (Phi) is 5.79. The third-order valence-corrected chi connectivity index (χ3v) is 4.63. The summed E-state index contributed by atoms with van der Waals surface area (Å²) in [4.78, 5) is 16.4. The molecule has 0 aliphatic carbocycles. The zero-order chi connectivity index (χ0) is 22.0. The van der Waals surface area contributed by atoms with Crippen LogP contribution in [-0.4, -0.2) is 56.2 Å². The molecular weight excluding hydrogens is 402 g/mol. The summed E-state index contributed by atoms with van der Waals surface area (Å²) >= 11 is 0. The molecule has 3 N–H and O–H groups in total.